The summed E-state index contributed by atoms with van der Waals surface area (Å²) in [6, 6.07) is 11.8. The second-order valence-electron chi connectivity index (χ2n) is 9.23. The van der Waals surface area contributed by atoms with E-state index in [1.54, 1.807) is 12.1 Å². The summed E-state index contributed by atoms with van der Waals surface area (Å²) in [4.78, 5) is 25.3. The number of rotatable bonds is 7. The summed E-state index contributed by atoms with van der Waals surface area (Å²) in [5, 5.41) is 22.7. The molecule has 7 heteroatoms. The van der Waals surface area contributed by atoms with Gasteiger partial charge in [0.15, 0.2) is 0 Å². The van der Waals surface area contributed by atoms with Gasteiger partial charge in [-0.05, 0) is 47.3 Å². The molecular formula is C28H28N4O3. The van der Waals surface area contributed by atoms with E-state index in [4.69, 9.17) is 0 Å². The van der Waals surface area contributed by atoms with Crippen LogP contribution in [0.2, 0.25) is 0 Å². The number of nitrogens with one attached hydrogen (secondary N) is 3. The summed E-state index contributed by atoms with van der Waals surface area (Å²) in [5.74, 6) is 0.405. The summed E-state index contributed by atoms with van der Waals surface area (Å²) in [7, 11) is 0. The highest BCUT2D eigenvalue weighted by Crippen LogP contribution is 2.44. The minimum atomic E-state index is -0.531. The van der Waals surface area contributed by atoms with Gasteiger partial charge in [0.1, 0.15) is 5.56 Å². The lowest BCUT2D eigenvalue weighted by atomic mass is 9.92. The number of fused-ring (bicyclic) bond motifs is 1. The topological polar surface area (TPSA) is 107 Å². The smallest absolute Gasteiger partial charge is 0.277 e. The number of benzene rings is 1. The minimum Gasteiger partial charge on any atom is -0.512 e. The summed E-state index contributed by atoms with van der Waals surface area (Å²) >= 11 is 0. The van der Waals surface area contributed by atoms with Gasteiger partial charge < -0.3 is 15.7 Å². The molecule has 0 saturated heterocycles. The van der Waals surface area contributed by atoms with Crippen LogP contribution in [0.1, 0.15) is 41.4 Å². The van der Waals surface area contributed by atoms with E-state index in [0.717, 1.165) is 23.3 Å². The Morgan fingerprint density at radius 3 is 2.80 bits per heavy atom. The molecular weight excluding hydrogens is 440 g/mol. The third kappa shape index (κ3) is 5.19. The average Bonchev–Trinajstić information content (AvgIpc) is 3.65. The first-order valence-corrected chi connectivity index (χ1v) is 11.9. The van der Waals surface area contributed by atoms with Crippen molar-refractivity contribution in [3.05, 3.63) is 117 Å². The first-order chi connectivity index (χ1) is 17.0. The van der Waals surface area contributed by atoms with Gasteiger partial charge in [0.05, 0.1) is 11.5 Å². The number of hydrogen-bond acceptors (Lipinski definition) is 5. The average molecular weight is 469 g/mol. The Labute approximate surface area is 203 Å². The van der Waals surface area contributed by atoms with Crippen LogP contribution < -0.4 is 16.2 Å². The molecule has 1 amide bonds. The Morgan fingerprint density at radius 2 is 2.00 bits per heavy atom. The number of aliphatic hydroxyl groups is 1. The molecule has 1 aromatic heterocycles. The molecule has 0 aliphatic heterocycles. The first kappa shape index (κ1) is 22.7. The molecule has 1 heterocycles. The van der Waals surface area contributed by atoms with Crippen molar-refractivity contribution in [1.82, 2.24) is 20.8 Å². The van der Waals surface area contributed by atoms with E-state index in [0.29, 0.717) is 36.9 Å². The summed E-state index contributed by atoms with van der Waals surface area (Å²) in [6.45, 7) is 3.01. The zero-order valence-electron chi connectivity index (χ0n) is 19.5. The molecule has 4 N–H and O–H groups in total. The number of aromatic amines is 1. The lowest BCUT2D eigenvalue weighted by molar-refractivity contribution is 0.0954. The number of aliphatic hydroxyl groups excluding tert-OH is 1. The number of carbonyl (C=O) groups is 1. The predicted molar refractivity (Wildman–Crippen MR) is 135 cm³/mol. The number of carbonyl (C=O) groups excluding carboxylic acids is 1. The molecule has 178 valence electrons. The van der Waals surface area contributed by atoms with E-state index >= 15 is 0 Å². The zero-order chi connectivity index (χ0) is 24.4. The Kier molecular flexibility index (Phi) is 6.23. The number of hydrogen-bond donors (Lipinski definition) is 4. The van der Waals surface area contributed by atoms with Gasteiger partial charge >= 0.3 is 0 Å². The highest BCUT2D eigenvalue weighted by molar-refractivity contribution is 5.95. The van der Waals surface area contributed by atoms with E-state index in [-0.39, 0.29) is 11.5 Å². The predicted octanol–water partition coefficient (Wildman–Crippen LogP) is 3.92. The van der Waals surface area contributed by atoms with Crippen LogP contribution in [0, 0.1) is 11.8 Å². The van der Waals surface area contributed by atoms with Crippen LogP contribution in [0.25, 0.3) is 5.57 Å². The fourth-order valence-electron chi connectivity index (χ4n) is 4.42. The highest BCUT2D eigenvalue weighted by atomic mass is 16.3. The highest BCUT2D eigenvalue weighted by Gasteiger charge is 2.32. The van der Waals surface area contributed by atoms with Crippen molar-refractivity contribution in [1.29, 1.82) is 0 Å². The van der Waals surface area contributed by atoms with Crippen molar-refractivity contribution in [2.24, 2.45) is 11.8 Å². The molecule has 1 aromatic carbocycles. The van der Waals surface area contributed by atoms with Crippen molar-refractivity contribution in [3.8, 4) is 0 Å². The number of nitrogens with zero attached hydrogens (tertiary/aromatic N) is 1. The van der Waals surface area contributed by atoms with E-state index in [1.165, 1.54) is 11.1 Å². The lowest BCUT2D eigenvalue weighted by Gasteiger charge is -2.19. The van der Waals surface area contributed by atoms with Gasteiger partial charge in [0.2, 0.25) is 0 Å². The molecule has 3 aliphatic carbocycles. The third-order valence-corrected chi connectivity index (χ3v) is 6.64. The summed E-state index contributed by atoms with van der Waals surface area (Å²) in [5.41, 5.74) is 5.45. The van der Waals surface area contributed by atoms with Crippen LogP contribution in [0.3, 0.4) is 0 Å². The summed E-state index contributed by atoms with van der Waals surface area (Å²) in [6.07, 6.45) is 11.2. The van der Waals surface area contributed by atoms with E-state index in [2.05, 4.69) is 39.0 Å². The number of aromatic nitrogens is 2. The number of amides is 1. The van der Waals surface area contributed by atoms with Crippen molar-refractivity contribution >= 4 is 11.5 Å². The molecule has 35 heavy (non-hydrogen) atoms. The van der Waals surface area contributed by atoms with E-state index < -0.39 is 11.5 Å². The molecule has 5 rings (SSSR count). The second-order valence-corrected chi connectivity index (χ2v) is 9.23. The molecule has 3 aliphatic rings. The SMILES string of the molecule is CC1CC(O)=CC=C1CNC(=O)c1cc(C2=CC(NCc3ccccc3)=C3C[C@H]3C=C2)n[nH]c1=O. The van der Waals surface area contributed by atoms with Crippen molar-refractivity contribution < 1.29 is 9.90 Å². The lowest BCUT2D eigenvalue weighted by Crippen LogP contribution is -2.32. The van der Waals surface area contributed by atoms with E-state index in [1.807, 2.05) is 43.4 Å². The standard InChI is InChI=1S/C28H28N4O3/c1-17-11-22(33)10-9-21(17)16-30-27(34)24-14-25(31-32-28(24)35)20-8-7-19-12-23(19)26(13-20)29-15-18-5-3-2-4-6-18/h2-10,13-14,17,19,29,33H,11-12,15-16H2,1H3,(H,30,34)(H,32,35)/t17?,19-/m1/s1. The first-order valence-electron chi connectivity index (χ1n) is 11.9. The maximum absolute atomic E-state index is 12.9. The molecule has 2 aromatic rings. The van der Waals surface area contributed by atoms with Crippen LogP contribution in [-0.4, -0.2) is 27.8 Å². The molecule has 7 nitrogen and oxygen atoms in total. The quantitative estimate of drug-likeness (QED) is 0.493. The maximum atomic E-state index is 12.9. The zero-order valence-corrected chi connectivity index (χ0v) is 19.5. The van der Waals surface area contributed by atoms with Gasteiger partial charge in [0, 0.05) is 36.7 Å². The Hall–Kier alpha value is -4.13. The third-order valence-electron chi connectivity index (χ3n) is 6.64. The molecule has 2 atom stereocenters. The number of H-pyrrole nitrogens is 1. The minimum absolute atomic E-state index is 0.0209. The van der Waals surface area contributed by atoms with Gasteiger partial charge in [-0.25, -0.2) is 5.10 Å². The molecule has 0 radical (unpaired) electrons. The van der Waals surface area contributed by atoms with Crippen molar-refractivity contribution in [2.75, 3.05) is 6.54 Å². The largest absolute Gasteiger partial charge is 0.512 e. The van der Waals surface area contributed by atoms with Gasteiger partial charge in [0.25, 0.3) is 11.5 Å². The van der Waals surface area contributed by atoms with Crippen LogP contribution in [0.4, 0.5) is 0 Å². The molecule has 0 spiro atoms. The van der Waals surface area contributed by atoms with Crippen LogP contribution in [0.15, 0.2) is 94.2 Å². The molecule has 1 fully saturated rings. The maximum Gasteiger partial charge on any atom is 0.277 e. The van der Waals surface area contributed by atoms with Gasteiger partial charge in [-0.1, -0.05) is 55.5 Å². The van der Waals surface area contributed by atoms with Crippen LogP contribution in [-0.2, 0) is 6.54 Å². The van der Waals surface area contributed by atoms with E-state index in [9.17, 15) is 14.7 Å². The monoisotopic (exact) mass is 468 g/mol. The molecule has 1 unspecified atom stereocenters. The van der Waals surface area contributed by atoms with Crippen LogP contribution in [0.5, 0.6) is 0 Å². The number of allylic oxidation sites excluding steroid dienone is 8. The van der Waals surface area contributed by atoms with Crippen molar-refractivity contribution in [3.63, 3.8) is 0 Å². The fraction of sp³-hybridized carbons (Fsp3) is 0.250. The Balaban J connectivity index is 1.33. The Morgan fingerprint density at radius 1 is 1.17 bits per heavy atom. The Bertz CT molecular complexity index is 1360. The normalized spacial score (nSPS) is 20.8. The van der Waals surface area contributed by atoms with Crippen LogP contribution >= 0.6 is 0 Å². The second kappa shape index (κ2) is 9.62. The van der Waals surface area contributed by atoms with Gasteiger partial charge in [-0.15, -0.1) is 0 Å². The summed E-state index contributed by atoms with van der Waals surface area (Å²) < 4.78 is 0. The van der Waals surface area contributed by atoms with Crippen molar-refractivity contribution in [2.45, 2.75) is 26.3 Å². The van der Waals surface area contributed by atoms with Gasteiger partial charge in [-0.2, -0.15) is 5.10 Å². The molecule has 0 bridgehead atoms. The fourth-order valence-corrected chi connectivity index (χ4v) is 4.42. The van der Waals surface area contributed by atoms with Gasteiger partial charge in [-0.3, -0.25) is 9.59 Å². The molecule has 1 saturated carbocycles.